The van der Waals surface area contributed by atoms with Gasteiger partial charge in [0.2, 0.25) is 0 Å². The lowest BCUT2D eigenvalue weighted by Crippen LogP contribution is -2.31. The molecule has 6 rings (SSSR count). The summed E-state index contributed by atoms with van der Waals surface area (Å²) in [5.74, 6) is -1.35. The number of aromatic nitrogens is 1. The van der Waals surface area contributed by atoms with Crippen LogP contribution >= 0.6 is 0 Å². The Morgan fingerprint density at radius 3 is 1.60 bits per heavy atom. The molecule has 0 radical (unpaired) electrons. The van der Waals surface area contributed by atoms with Crippen molar-refractivity contribution < 1.29 is 35.9 Å². The molecule has 0 atom stereocenters. The molecule has 0 saturated heterocycles. The second-order valence-corrected chi connectivity index (χ2v) is 11.4. The molecule has 45 heavy (non-hydrogen) atoms. The Morgan fingerprint density at radius 1 is 0.689 bits per heavy atom. The summed E-state index contributed by atoms with van der Waals surface area (Å²) in [6.07, 6.45) is -9.46. The molecule has 1 aliphatic rings. The standard InChI is InChI=1S/C31H20F6N2O2.C4H8/c1-15-11-16(2)27(17(3)12-15)39-28(40)22-5-4-6-23(26(22)29(39)41)38-24-13-18(30(32,33)34)7-9-20(24)21-10-8-19(14-25(21)38)31(35,36)37;1-4(2)3/h4-14H,1-3H3;1H2,2-3H3. The number of fused-ring (bicyclic) bond motifs is 4. The third-order valence-electron chi connectivity index (χ3n) is 7.41. The molecule has 0 bridgehead atoms. The predicted molar refractivity (Wildman–Crippen MR) is 163 cm³/mol. The van der Waals surface area contributed by atoms with Gasteiger partial charge in [0.25, 0.3) is 11.8 Å². The van der Waals surface area contributed by atoms with Crippen molar-refractivity contribution in [1.29, 1.82) is 0 Å². The van der Waals surface area contributed by atoms with Crippen LogP contribution in [-0.4, -0.2) is 16.4 Å². The van der Waals surface area contributed by atoms with Crippen LogP contribution in [0.1, 0.15) is 62.4 Å². The first-order valence-corrected chi connectivity index (χ1v) is 13.9. The van der Waals surface area contributed by atoms with E-state index >= 15 is 0 Å². The molecule has 1 aromatic heterocycles. The summed E-state index contributed by atoms with van der Waals surface area (Å²) < 4.78 is 83.6. The molecule has 4 aromatic carbocycles. The molecule has 4 nitrogen and oxygen atoms in total. The van der Waals surface area contributed by atoms with E-state index in [0.29, 0.717) is 16.8 Å². The number of hydrogen-bond acceptors (Lipinski definition) is 2. The van der Waals surface area contributed by atoms with Crippen LogP contribution in [0.3, 0.4) is 0 Å². The van der Waals surface area contributed by atoms with E-state index in [1.165, 1.54) is 40.5 Å². The fourth-order valence-electron chi connectivity index (χ4n) is 5.81. The number of anilines is 1. The van der Waals surface area contributed by atoms with E-state index in [4.69, 9.17) is 0 Å². The molecule has 5 aromatic rings. The number of aryl methyl sites for hydroxylation is 3. The molecule has 0 saturated carbocycles. The summed E-state index contributed by atoms with van der Waals surface area (Å²) in [6.45, 7) is 12.9. The number of hydrogen-bond donors (Lipinski definition) is 0. The summed E-state index contributed by atoms with van der Waals surface area (Å²) in [5.41, 5.74) is 1.59. The maximum Gasteiger partial charge on any atom is 0.416 e. The third kappa shape index (κ3) is 5.49. The molecule has 1 aliphatic heterocycles. The number of benzene rings is 4. The predicted octanol–water partition coefficient (Wildman–Crippen LogP) is 10.1. The van der Waals surface area contributed by atoms with Crippen molar-refractivity contribution in [2.75, 3.05) is 4.90 Å². The lowest BCUT2D eigenvalue weighted by molar-refractivity contribution is -0.138. The van der Waals surface area contributed by atoms with Gasteiger partial charge in [-0.3, -0.25) is 9.59 Å². The summed E-state index contributed by atoms with van der Waals surface area (Å²) in [5, 5.41) is 0.524. The summed E-state index contributed by atoms with van der Waals surface area (Å²) in [6, 6.07) is 13.7. The molecular formula is C35H28F6N2O2. The van der Waals surface area contributed by atoms with Crippen LogP contribution in [0.4, 0.5) is 32.0 Å². The minimum absolute atomic E-state index is 0.000766. The number of alkyl halides is 6. The van der Waals surface area contributed by atoms with Crippen LogP contribution in [-0.2, 0) is 12.4 Å². The van der Waals surface area contributed by atoms with Gasteiger partial charge in [0.1, 0.15) is 0 Å². The van der Waals surface area contributed by atoms with Gasteiger partial charge in [-0.05, 0) is 82.1 Å². The van der Waals surface area contributed by atoms with Gasteiger partial charge in [0, 0.05) is 10.8 Å². The molecule has 0 N–H and O–H groups in total. The highest BCUT2D eigenvalue weighted by atomic mass is 19.4. The Bertz CT molecular complexity index is 1950. The quantitative estimate of drug-likeness (QED) is 0.112. The van der Waals surface area contributed by atoms with Crippen molar-refractivity contribution in [1.82, 2.24) is 4.57 Å². The van der Waals surface area contributed by atoms with E-state index in [0.717, 1.165) is 34.7 Å². The van der Waals surface area contributed by atoms with E-state index in [9.17, 15) is 35.9 Å². The van der Waals surface area contributed by atoms with Gasteiger partial charge in [0.05, 0.1) is 44.7 Å². The zero-order chi connectivity index (χ0) is 33.2. The average Bonchev–Trinajstić information content (AvgIpc) is 3.38. The first-order valence-electron chi connectivity index (χ1n) is 13.9. The van der Waals surface area contributed by atoms with Gasteiger partial charge < -0.3 is 4.57 Å². The maximum atomic E-state index is 14.0. The minimum atomic E-state index is -4.73. The van der Waals surface area contributed by atoms with Crippen LogP contribution in [0.15, 0.2) is 78.9 Å². The Morgan fingerprint density at radius 2 is 1.16 bits per heavy atom. The summed E-state index contributed by atoms with van der Waals surface area (Å²) in [7, 11) is 0. The Balaban J connectivity index is 0.000000945. The van der Waals surface area contributed by atoms with Crippen molar-refractivity contribution in [3.8, 4) is 5.69 Å². The SMILES string of the molecule is C=C(C)C.Cc1cc(C)c(N2C(=O)c3cccc(-n4c5cc(C(F)(F)F)ccc5c5ccc(C(F)(F)F)cc54)c3C2=O)c(C)c1. The van der Waals surface area contributed by atoms with Crippen LogP contribution in [0, 0.1) is 20.8 Å². The monoisotopic (exact) mass is 622 g/mol. The van der Waals surface area contributed by atoms with Crippen molar-refractivity contribution in [2.24, 2.45) is 0 Å². The fraction of sp³-hybridized carbons (Fsp3) is 0.200. The second-order valence-electron chi connectivity index (χ2n) is 11.4. The number of halogens is 6. The first-order chi connectivity index (χ1) is 20.9. The highest BCUT2D eigenvalue weighted by molar-refractivity contribution is 6.36. The van der Waals surface area contributed by atoms with Gasteiger partial charge in [-0.15, -0.1) is 6.58 Å². The third-order valence-corrected chi connectivity index (χ3v) is 7.41. The van der Waals surface area contributed by atoms with E-state index in [1.54, 1.807) is 13.8 Å². The van der Waals surface area contributed by atoms with E-state index < -0.39 is 35.3 Å². The first kappa shape index (κ1) is 31.6. The van der Waals surface area contributed by atoms with E-state index in [1.807, 2.05) is 32.9 Å². The lowest BCUT2D eigenvalue weighted by atomic mass is 10.0. The van der Waals surface area contributed by atoms with Crippen molar-refractivity contribution in [3.63, 3.8) is 0 Å². The van der Waals surface area contributed by atoms with Gasteiger partial charge in [-0.25, -0.2) is 4.90 Å². The largest absolute Gasteiger partial charge is 0.416 e. The number of carbonyl (C=O) groups excluding carboxylic acids is 2. The zero-order valence-electron chi connectivity index (χ0n) is 25.0. The lowest BCUT2D eigenvalue weighted by Gasteiger charge is -2.20. The second kappa shape index (κ2) is 10.9. The smallest absolute Gasteiger partial charge is 0.308 e. The van der Waals surface area contributed by atoms with Crippen molar-refractivity contribution >= 4 is 39.3 Å². The minimum Gasteiger partial charge on any atom is -0.308 e. The van der Waals surface area contributed by atoms with Crippen LogP contribution in [0.25, 0.3) is 27.5 Å². The average molecular weight is 623 g/mol. The Labute approximate surface area is 255 Å². The van der Waals surface area contributed by atoms with Crippen LogP contribution < -0.4 is 4.90 Å². The number of imide groups is 1. The van der Waals surface area contributed by atoms with Gasteiger partial charge in [-0.2, -0.15) is 26.3 Å². The topological polar surface area (TPSA) is 42.3 Å². The molecule has 2 amide bonds. The number of allylic oxidation sites excluding steroid dienone is 1. The molecule has 0 fully saturated rings. The molecule has 0 spiro atoms. The molecule has 232 valence electrons. The van der Waals surface area contributed by atoms with Gasteiger partial charge >= 0.3 is 12.4 Å². The van der Waals surface area contributed by atoms with Gasteiger partial charge in [-0.1, -0.05) is 41.5 Å². The van der Waals surface area contributed by atoms with Crippen molar-refractivity contribution in [2.45, 2.75) is 47.0 Å². The normalized spacial score (nSPS) is 13.4. The number of rotatable bonds is 2. The van der Waals surface area contributed by atoms with Crippen LogP contribution in [0.5, 0.6) is 0 Å². The van der Waals surface area contributed by atoms with Crippen LogP contribution in [0.2, 0.25) is 0 Å². The van der Waals surface area contributed by atoms with E-state index in [2.05, 4.69) is 6.58 Å². The number of carbonyl (C=O) groups is 2. The Hall–Kier alpha value is -4.86. The highest BCUT2D eigenvalue weighted by Gasteiger charge is 2.41. The highest BCUT2D eigenvalue weighted by Crippen LogP contribution is 2.42. The maximum absolute atomic E-state index is 14.0. The number of nitrogens with zero attached hydrogens (tertiary/aromatic N) is 2. The summed E-state index contributed by atoms with van der Waals surface area (Å²) in [4.78, 5) is 28.6. The Kier molecular flexibility index (Phi) is 7.67. The van der Waals surface area contributed by atoms with Gasteiger partial charge in [0.15, 0.2) is 0 Å². The van der Waals surface area contributed by atoms with E-state index in [-0.39, 0.29) is 38.6 Å². The fourth-order valence-corrected chi connectivity index (χ4v) is 5.81. The molecule has 0 aliphatic carbocycles. The molecule has 2 heterocycles. The summed E-state index contributed by atoms with van der Waals surface area (Å²) >= 11 is 0. The zero-order valence-corrected chi connectivity index (χ0v) is 25.0. The van der Waals surface area contributed by atoms with Crippen molar-refractivity contribution in [3.05, 3.63) is 118 Å². The molecule has 10 heteroatoms. The molecular weight excluding hydrogens is 594 g/mol. The number of amides is 2. The molecule has 0 unspecified atom stereocenters.